The van der Waals surface area contributed by atoms with Crippen LogP contribution in [0.25, 0.3) is 21.3 Å². The smallest absolute Gasteiger partial charge is 0.341 e. The molecule has 2 aromatic carbocycles. The second kappa shape index (κ2) is 9.93. The number of thiophene rings is 1. The second-order valence-corrected chi connectivity index (χ2v) is 8.65. The number of hydrogen-bond acceptors (Lipinski definition) is 6. The molecular formula is C26H24N2O5S. The summed E-state index contributed by atoms with van der Waals surface area (Å²) in [6.45, 7) is 3.54. The molecule has 1 N–H and O–H groups in total. The van der Waals surface area contributed by atoms with Gasteiger partial charge in [-0.1, -0.05) is 42.5 Å². The minimum atomic E-state index is -0.518. The fourth-order valence-corrected chi connectivity index (χ4v) is 4.86. The molecule has 0 atom stereocenters. The number of ether oxygens (including phenoxy) is 2. The molecule has 2 heterocycles. The molecule has 4 rings (SSSR count). The van der Waals surface area contributed by atoms with Crippen LogP contribution in [0.2, 0.25) is 0 Å². The van der Waals surface area contributed by atoms with Gasteiger partial charge < -0.3 is 14.8 Å². The molecule has 0 saturated carbocycles. The van der Waals surface area contributed by atoms with E-state index in [9.17, 15) is 14.4 Å². The number of nitrogens with zero attached hydrogens (tertiary/aromatic N) is 1. The van der Waals surface area contributed by atoms with E-state index in [2.05, 4.69) is 5.32 Å². The number of methoxy groups -OCH3 is 1. The molecule has 0 bridgehead atoms. The van der Waals surface area contributed by atoms with Crippen LogP contribution in [0.1, 0.15) is 22.8 Å². The number of aryl methyl sites for hydroxylation is 1. The summed E-state index contributed by atoms with van der Waals surface area (Å²) in [6.07, 6.45) is 0. The zero-order chi connectivity index (χ0) is 24.2. The highest BCUT2D eigenvalue weighted by atomic mass is 32.1. The maximum atomic E-state index is 13.1. The summed E-state index contributed by atoms with van der Waals surface area (Å²) in [5, 5.41) is 4.01. The number of carbonyl (C=O) groups is 2. The number of hydrogen-bond donors (Lipinski definition) is 1. The number of nitrogens with one attached hydrogen (secondary N) is 1. The first-order valence-electron chi connectivity index (χ1n) is 10.8. The Morgan fingerprint density at radius 3 is 2.53 bits per heavy atom. The Labute approximate surface area is 200 Å². The Morgan fingerprint density at radius 1 is 1.06 bits per heavy atom. The number of esters is 1. The summed E-state index contributed by atoms with van der Waals surface area (Å²) < 4.78 is 12.0. The third kappa shape index (κ3) is 4.58. The van der Waals surface area contributed by atoms with Crippen molar-refractivity contribution in [2.45, 2.75) is 20.4 Å². The van der Waals surface area contributed by atoms with Gasteiger partial charge >= 0.3 is 5.97 Å². The number of amides is 1. The first-order valence-corrected chi connectivity index (χ1v) is 11.6. The number of para-hydroxylation sites is 1. The molecule has 34 heavy (non-hydrogen) atoms. The fraction of sp³-hybridized carbons (Fsp3) is 0.192. The first-order chi connectivity index (χ1) is 16.4. The minimum Gasteiger partial charge on any atom is -0.495 e. The Balaban J connectivity index is 1.70. The van der Waals surface area contributed by atoms with Crippen LogP contribution >= 0.6 is 11.3 Å². The lowest BCUT2D eigenvalue weighted by atomic mass is 10.1. The number of aromatic nitrogens is 1. The number of pyridine rings is 1. The summed E-state index contributed by atoms with van der Waals surface area (Å²) in [4.78, 5) is 39.3. The van der Waals surface area contributed by atoms with Crippen LogP contribution in [0.3, 0.4) is 0 Å². The van der Waals surface area contributed by atoms with E-state index in [1.54, 1.807) is 19.1 Å². The third-order valence-corrected chi connectivity index (χ3v) is 6.46. The average Bonchev–Trinajstić information content (AvgIpc) is 3.25. The van der Waals surface area contributed by atoms with Gasteiger partial charge in [-0.25, -0.2) is 4.79 Å². The van der Waals surface area contributed by atoms with Gasteiger partial charge in [0.1, 0.15) is 17.3 Å². The van der Waals surface area contributed by atoms with Gasteiger partial charge in [-0.2, -0.15) is 0 Å². The highest BCUT2D eigenvalue weighted by molar-refractivity contribution is 7.20. The molecule has 0 fully saturated rings. The van der Waals surface area contributed by atoms with Gasteiger partial charge in [0.15, 0.2) is 0 Å². The monoisotopic (exact) mass is 476 g/mol. The van der Waals surface area contributed by atoms with E-state index in [0.717, 1.165) is 21.4 Å². The molecule has 4 aromatic rings. The number of rotatable bonds is 7. The highest BCUT2D eigenvalue weighted by Gasteiger charge is 2.21. The average molecular weight is 477 g/mol. The van der Waals surface area contributed by atoms with Crippen molar-refractivity contribution in [3.8, 4) is 16.2 Å². The quantitative estimate of drug-likeness (QED) is 0.385. The SMILES string of the molecule is CCOC(=O)c1cc(-c2ccccc2)sc1NC(=O)Cn1c(=O)cc(C)c2cccc(OC)c21. The van der Waals surface area contributed by atoms with Crippen LogP contribution in [0.4, 0.5) is 5.00 Å². The maximum Gasteiger partial charge on any atom is 0.341 e. The van der Waals surface area contributed by atoms with Crippen LogP contribution in [0.5, 0.6) is 5.75 Å². The molecule has 8 heteroatoms. The molecule has 0 saturated heterocycles. The Morgan fingerprint density at radius 2 is 1.82 bits per heavy atom. The van der Waals surface area contributed by atoms with Crippen molar-refractivity contribution >= 4 is 39.1 Å². The number of benzene rings is 2. The molecule has 0 aliphatic heterocycles. The summed E-state index contributed by atoms with van der Waals surface area (Å²) >= 11 is 1.28. The van der Waals surface area contributed by atoms with Crippen molar-refractivity contribution in [1.29, 1.82) is 0 Å². The first kappa shape index (κ1) is 23.3. The van der Waals surface area contributed by atoms with E-state index in [1.807, 2.05) is 49.4 Å². The van der Waals surface area contributed by atoms with Crippen LogP contribution in [0, 0.1) is 6.92 Å². The molecule has 1 amide bonds. The zero-order valence-corrected chi connectivity index (χ0v) is 19.9. The summed E-state index contributed by atoms with van der Waals surface area (Å²) in [6, 6.07) is 18.2. The molecule has 0 spiro atoms. The highest BCUT2D eigenvalue weighted by Crippen LogP contribution is 2.36. The van der Waals surface area contributed by atoms with Crippen molar-refractivity contribution in [3.05, 3.63) is 82.1 Å². The van der Waals surface area contributed by atoms with Gasteiger partial charge in [0, 0.05) is 16.3 Å². The number of anilines is 1. The van der Waals surface area contributed by atoms with Crippen LogP contribution in [-0.2, 0) is 16.1 Å². The standard InChI is InChI=1S/C26H24N2O5S/c1-4-33-26(31)19-14-21(17-9-6-5-7-10-17)34-25(19)27-22(29)15-28-23(30)13-16(2)18-11-8-12-20(32-3)24(18)28/h5-14H,4,15H2,1-3H3,(H,27,29). The molecule has 0 unspecified atom stereocenters. The number of carbonyl (C=O) groups excluding carboxylic acids is 2. The normalized spacial score (nSPS) is 10.8. The van der Waals surface area contributed by atoms with E-state index in [0.29, 0.717) is 16.3 Å². The predicted octanol–water partition coefficient (Wildman–Crippen LogP) is 4.86. The lowest BCUT2D eigenvalue weighted by Crippen LogP contribution is -2.28. The van der Waals surface area contributed by atoms with Gasteiger partial charge in [0.25, 0.3) is 5.56 Å². The molecule has 0 aliphatic rings. The Bertz CT molecular complexity index is 1420. The van der Waals surface area contributed by atoms with Gasteiger partial charge in [-0.15, -0.1) is 11.3 Å². The summed E-state index contributed by atoms with van der Waals surface area (Å²) in [5.74, 6) is -0.457. The molecule has 0 radical (unpaired) electrons. The number of fused-ring (bicyclic) bond motifs is 1. The molecule has 174 valence electrons. The van der Waals surface area contributed by atoms with Crippen molar-refractivity contribution in [2.24, 2.45) is 0 Å². The largest absolute Gasteiger partial charge is 0.495 e. The maximum absolute atomic E-state index is 13.1. The van der Waals surface area contributed by atoms with Gasteiger partial charge in [-0.05, 0) is 37.1 Å². The molecular weight excluding hydrogens is 452 g/mol. The predicted molar refractivity (Wildman–Crippen MR) is 134 cm³/mol. The third-order valence-electron chi connectivity index (χ3n) is 5.36. The van der Waals surface area contributed by atoms with E-state index in [1.165, 1.54) is 29.1 Å². The lowest BCUT2D eigenvalue weighted by Gasteiger charge is -2.15. The van der Waals surface area contributed by atoms with Crippen molar-refractivity contribution < 1.29 is 19.1 Å². The summed E-state index contributed by atoms with van der Waals surface area (Å²) in [7, 11) is 1.52. The van der Waals surface area contributed by atoms with E-state index in [-0.39, 0.29) is 24.3 Å². The van der Waals surface area contributed by atoms with Crippen LogP contribution < -0.4 is 15.6 Å². The van der Waals surface area contributed by atoms with Gasteiger partial charge in [0.05, 0.1) is 24.8 Å². The van der Waals surface area contributed by atoms with Crippen molar-refractivity contribution in [1.82, 2.24) is 4.57 Å². The molecule has 0 aliphatic carbocycles. The van der Waals surface area contributed by atoms with Crippen molar-refractivity contribution in [3.63, 3.8) is 0 Å². The second-order valence-electron chi connectivity index (χ2n) is 7.60. The van der Waals surface area contributed by atoms with E-state index < -0.39 is 11.9 Å². The zero-order valence-electron chi connectivity index (χ0n) is 19.1. The van der Waals surface area contributed by atoms with Crippen LogP contribution in [-0.4, -0.2) is 30.2 Å². The van der Waals surface area contributed by atoms with Gasteiger partial charge in [-0.3, -0.25) is 14.2 Å². The van der Waals surface area contributed by atoms with E-state index >= 15 is 0 Å². The van der Waals surface area contributed by atoms with E-state index in [4.69, 9.17) is 9.47 Å². The topological polar surface area (TPSA) is 86.6 Å². The minimum absolute atomic E-state index is 0.216. The van der Waals surface area contributed by atoms with Crippen LogP contribution in [0.15, 0.2) is 65.5 Å². The lowest BCUT2D eigenvalue weighted by molar-refractivity contribution is -0.116. The summed E-state index contributed by atoms with van der Waals surface area (Å²) in [5.41, 5.74) is 2.23. The molecule has 2 aromatic heterocycles. The van der Waals surface area contributed by atoms with Gasteiger partial charge in [0.2, 0.25) is 5.91 Å². The Kier molecular flexibility index (Phi) is 6.79. The Hall–Kier alpha value is -3.91. The van der Waals surface area contributed by atoms with Crippen molar-refractivity contribution in [2.75, 3.05) is 19.0 Å². The fourth-order valence-electron chi connectivity index (χ4n) is 3.79. The molecule has 7 nitrogen and oxygen atoms in total.